The molecule has 0 aliphatic carbocycles. The van der Waals surface area contributed by atoms with Crippen molar-refractivity contribution in [3.63, 3.8) is 0 Å². The molecule has 0 aliphatic heterocycles. The molecule has 0 fully saturated rings. The molecular weight excluding hydrogens is 226 g/mol. The second-order valence-corrected chi connectivity index (χ2v) is 5.23. The molecule has 0 aromatic carbocycles. The van der Waals surface area contributed by atoms with Gasteiger partial charge in [-0.1, -0.05) is 13.8 Å². The van der Waals surface area contributed by atoms with E-state index in [2.05, 4.69) is 5.32 Å². The van der Waals surface area contributed by atoms with Crippen LogP contribution < -0.4 is 5.32 Å². The van der Waals surface area contributed by atoms with Gasteiger partial charge in [0.15, 0.2) is 0 Å². The van der Waals surface area contributed by atoms with E-state index in [0.29, 0.717) is 19.1 Å². The minimum absolute atomic E-state index is 0.0250. The van der Waals surface area contributed by atoms with E-state index in [0.717, 1.165) is 0 Å². The maximum Gasteiger partial charge on any atom is 0.315 e. The van der Waals surface area contributed by atoms with E-state index in [1.165, 1.54) is 11.8 Å². The monoisotopic (exact) mass is 247 g/mol. The summed E-state index contributed by atoms with van der Waals surface area (Å²) >= 11 is 1.30. The molecule has 0 bridgehead atoms. The molecule has 5 heteroatoms. The molecule has 94 valence electrons. The van der Waals surface area contributed by atoms with E-state index in [1.807, 2.05) is 13.8 Å². The van der Waals surface area contributed by atoms with Crippen molar-refractivity contribution in [3.8, 4) is 0 Å². The van der Waals surface area contributed by atoms with E-state index in [9.17, 15) is 9.59 Å². The Morgan fingerprint density at radius 1 is 1.31 bits per heavy atom. The highest BCUT2D eigenvalue weighted by atomic mass is 32.2. The molecule has 4 nitrogen and oxygen atoms in total. The minimum atomic E-state index is -0.268. The zero-order valence-electron chi connectivity index (χ0n) is 10.4. The van der Waals surface area contributed by atoms with Crippen LogP contribution in [0.3, 0.4) is 0 Å². The highest BCUT2D eigenvalue weighted by Gasteiger charge is 2.15. The first kappa shape index (κ1) is 15.3. The van der Waals surface area contributed by atoms with E-state index in [-0.39, 0.29) is 22.9 Å². The van der Waals surface area contributed by atoms with Crippen LogP contribution in [0.4, 0.5) is 0 Å². The number of esters is 1. The zero-order valence-corrected chi connectivity index (χ0v) is 11.2. The Morgan fingerprint density at radius 2 is 1.94 bits per heavy atom. The second-order valence-electron chi connectivity index (χ2n) is 3.90. The summed E-state index contributed by atoms with van der Waals surface area (Å²) in [5, 5.41) is 2.61. The van der Waals surface area contributed by atoms with Crippen molar-refractivity contribution < 1.29 is 14.3 Å². The van der Waals surface area contributed by atoms with Gasteiger partial charge >= 0.3 is 5.97 Å². The van der Waals surface area contributed by atoms with Crippen LogP contribution in [-0.4, -0.2) is 36.0 Å². The van der Waals surface area contributed by atoms with Gasteiger partial charge in [-0.25, -0.2) is 0 Å². The predicted octanol–water partition coefficient (Wildman–Crippen LogP) is 1.44. The van der Waals surface area contributed by atoms with Crippen molar-refractivity contribution in [2.24, 2.45) is 5.92 Å². The van der Waals surface area contributed by atoms with Crippen LogP contribution in [0.15, 0.2) is 0 Å². The van der Waals surface area contributed by atoms with Gasteiger partial charge in [-0.05, 0) is 19.8 Å². The lowest BCUT2D eigenvalue weighted by Crippen LogP contribution is -2.34. The number of rotatable bonds is 7. The van der Waals surface area contributed by atoms with Gasteiger partial charge in [-0.2, -0.15) is 0 Å². The number of carbonyl (C=O) groups is 2. The number of ether oxygens (including phenoxy) is 1. The normalized spacial score (nSPS) is 12.3. The van der Waals surface area contributed by atoms with Crippen molar-refractivity contribution in [2.45, 2.75) is 32.9 Å². The van der Waals surface area contributed by atoms with E-state index < -0.39 is 0 Å². The third kappa shape index (κ3) is 7.56. The quantitative estimate of drug-likeness (QED) is 0.692. The summed E-state index contributed by atoms with van der Waals surface area (Å²) in [7, 11) is 0. The molecule has 0 heterocycles. The summed E-state index contributed by atoms with van der Waals surface area (Å²) in [5.74, 6) is 0.370. The average Bonchev–Trinajstić information content (AvgIpc) is 2.22. The molecule has 1 amide bonds. The first-order valence-corrected chi connectivity index (χ1v) is 6.57. The van der Waals surface area contributed by atoms with Crippen molar-refractivity contribution in [1.82, 2.24) is 5.32 Å². The fourth-order valence-electron chi connectivity index (χ4n) is 0.920. The lowest BCUT2D eigenvalue weighted by Gasteiger charge is -2.12. The molecular formula is C11H21NO3S. The molecule has 0 saturated heterocycles. The summed E-state index contributed by atoms with van der Waals surface area (Å²) in [5.41, 5.74) is 0. The largest absolute Gasteiger partial charge is 0.465 e. The lowest BCUT2D eigenvalue weighted by atomic mass is 10.2. The van der Waals surface area contributed by atoms with Crippen molar-refractivity contribution >= 4 is 23.6 Å². The molecule has 0 aromatic rings. The fourth-order valence-corrected chi connectivity index (χ4v) is 1.62. The third-order valence-electron chi connectivity index (χ3n) is 1.81. The number of carbonyl (C=O) groups excluding carboxylic acids is 2. The van der Waals surface area contributed by atoms with Gasteiger partial charge in [0, 0.05) is 6.54 Å². The number of nitrogens with one attached hydrogen (secondary N) is 1. The van der Waals surface area contributed by atoms with Gasteiger partial charge in [0.05, 0.1) is 17.6 Å². The van der Waals surface area contributed by atoms with Gasteiger partial charge in [-0.15, -0.1) is 11.8 Å². The smallest absolute Gasteiger partial charge is 0.315 e. The summed E-state index contributed by atoms with van der Waals surface area (Å²) in [6.45, 7) is 8.69. The Hall–Kier alpha value is -0.710. The van der Waals surface area contributed by atoms with Crippen molar-refractivity contribution in [2.75, 3.05) is 18.9 Å². The summed E-state index contributed by atoms with van der Waals surface area (Å²) < 4.78 is 4.78. The van der Waals surface area contributed by atoms with Gasteiger partial charge in [0.25, 0.3) is 0 Å². The minimum Gasteiger partial charge on any atom is -0.465 e. The zero-order chi connectivity index (χ0) is 12.6. The molecule has 0 radical (unpaired) electrons. The molecule has 0 spiro atoms. The van der Waals surface area contributed by atoms with Gasteiger partial charge in [0.1, 0.15) is 0 Å². The molecule has 0 saturated carbocycles. The van der Waals surface area contributed by atoms with Gasteiger partial charge < -0.3 is 10.1 Å². The van der Waals surface area contributed by atoms with Crippen LogP contribution in [0, 0.1) is 5.92 Å². The Labute approximate surface area is 101 Å². The van der Waals surface area contributed by atoms with Crippen LogP contribution in [0.5, 0.6) is 0 Å². The average molecular weight is 247 g/mol. The van der Waals surface area contributed by atoms with E-state index in [1.54, 1.807) is 13.8 Å². The maximum absolute atomic E-state index is 11.5. The van der Waals surface area contributed by atoms with E-state index in [4.69, 9.17) is 4.74 Å². The summed E-state index contributed by atoms with van der Waals surface area (Å²) in [6.07, 6.45) is 0. The Morgan fingerprint density at radius 3 is 2.44 bits per heavy atom. The predicted molar refractivity (Wildman–Crippen MR) is 66.4 cm³/mol. The molecule has 1 N–H and O–H groups in total. The molecule has 0 aliphatic rings. The second kappa shape index (κ2) is 8.44. The van der Waals surface area contributed by atoms with Crippen LogP contribution >= 0.6 is 11.8 Å². The summed E-state index contributed by atoms with van der Waals surface area (Å²) in [6, 6.07) is 0. The van der Waals surface area contributed by atoms with Crippen LogP contribution in [-0.2, 0) is 14.3 Å². The van der Waals surface area contributed by atoms with Gasteiger partial charge in [-0.3, -0.25) is 9.59 Å². The van der Waals surface area contributed by atoms with Gasteiger partial charge in [0.2, 0.25) is 5.91 Å². The first-order valence-electron chi connectivity index (χ1n) is 5.52. The SMILES string of the molecule is CCOC(=O)CS[C@@H](C)C(=O)NCC(C)C. The molecule has 0 rings (SSSR count). The highest BCUT2D eigenvalue weighted by molar-refractivity contribution is 8.01. The van der Waals surface area contributed by atoms with Crippen LogP contribution in [0.25, 0.3) is 0 Å². The van der Waals surface area contributed by atoms with Crippen LogP contribution in [0.1, 0.15) is 27.7 Å². The molecule has 0 unspecified atom stereocenters. The summed E-state index contributed by atoms with van der Waals surface area (Å²) in [4.78, 5) is 22.6. The number of thioether (sulfide) groups is 1. The third-order valence-corrected chi connectivity index (χ3v) is 2.93. The number of hydrogen-bond donors (Lipinski definition) is 1. The van der Waals surface area contributed by atoms with E-state index >= 15 is 0 Å². The first-order chi connectivity index (χ1) is 7.47. The lowest BCUT2D eigenvalue weighted by molar-refractivity contribution is -0.139. The topological polar surface area (TPSA) is 55.4 Å². The standard InChI is InChI=1S/C11H21NO3S/c1-5-15-10(13)7-16-9(4)11(14)12-6-8(2)3/h8-9H,5-7H2,1-4H3,(H,12,14)/t9-/m0/s1. The molecule has 16 heavy (non-hydrogen) atoms. The van der Waals surface area contributed by atoms with Crippen molar-refractivity contribution in [1.29, 1.82) is 0 Å². The maximum atomic E-state index is 11.5. The fraction of sp³-hybridized carbons (Fsp3) is 0.818. The molecule has 1 atom stereocenters. The number of amides is 1. The Kier molecular flexibility index (Phi) is 8.07. The van der Waals surface area contributed by atoms with Crippen molar-refractivity contribution in [3.05, 3.63) is 0 Å². The number of hydrogen-bond acceptors (Lipinski definition) is 4. The molecule has 0 aromatic heterocycles. The van der Waals surface area contributed by atoms with Crippen LogP contribution in [0.2, 0.25) is 0 Å². The Balaban J connectivity index is 3.74. The highest BCUT2D eigenvalue weighted by Crippen LogP contribution is 2.10. The Bertz CT molecular complexity index is 231.